The molecule has 0 aliphatic heterocycles. The molecule has 0 saturated carbocycles. The molecule has 1 heterocycles. The summed E-state index contributed by atoms with van der Waals surface area (Å²) in [6.45, 7) is 2.41. The molecular weight excluding hydrogens is 278 g/mol. The minimum atomic E-state index is -0.494. The summed E-state index contributed by atoms with van der Waals surface area (Å²) in [6, 6.07) is 5.53. The summed E-state index contributed by atoms with van der Waals surface area (Å²) in [4.78, 5) is 26.1. The van der Waals surface area contributed by atoms with Crippen molar-refractivity contribution in [3.05, 3.63) is 56.0 Å². The van der Waals surface area contributed by atoms with Crippen LogP contribution in [0.15, 0.2) is 29.6 Å². The Bertz CT molecular complexity index is 622. The van der Waals surface area contributed by atoms with E-state index in [1.807, 2.05) is 12.3 Å². The maximum atomic E-state index is 11.8. The number of non-ortho nitro benzene ring substituents is 1. The molecule has 0 aliphatic carbocycles. The number of rotatable bonds is 5. The van der Waals surface area contributed by atoms with Gasteiger partial charge in [0.2, 0.25) is 0 Å². The number of aryl methyl sites for hydroxylation is 1. The summed E-state index contributed by atoms with van der Waals surface area (Å²) in [6.07, 6.45) is 0.678. The first kappa shape index (κ1) is 14.1. The van der Waals surface area contributed by atoms with E-state index in [-0.39, 0.29) is 11.6 Å². The van der Waals surface area contributed by atoms with Crippen LogP contribution < -0.4 is 5.32 Å². The molecule has 1 N–H and O–H groups in total. The molecule has 1 amide bonds. The van der Waals surface area contributed by atoms with Crippen molar-refractivity contribution >= 4 is 22.9 Å². The van der Waals surface area contributed by atoms with Crippen LogP contribution in [-0.2, 0) is 6.42 Å². The number of hydrogen-bond acceptors (Lipinski definition) is 5. The van der Waals surface area contributed by atoms with E-state index in [9.17, 15) is 14.9 Å². The average molecular weight is 291 g/mol. The van der Waals surface area contributed by atoms with Crippen LogP contribution in [0.4, 0.5) is 5.69 Å². The van der Waals surface area contributed by atoms with E-state index in [2.05, 4.69) is 10.3 Å². The van der Waals surface area contributed by atoms with Gasteiger partial charge in [0, 0.05) is 41.7 Å². The van der Waals surface area contributed by atoms with E-state index in [0.717, 1.165) is 10.7 Å². The Kier molecular flexibility index (Phi) is 4.41. The molecule has 2 rings (SSSR count). The number of carbonyl (C=O) groups excluding carboxylic acids is 1. The molecular formula is C13H13N3O3S. The third kappa shape index (κ3) is 3.61. The molecule has 2 aromatic rings. The molecule has 0 saturated heterocycles. The van der Waals surface area contributed by atoms with Crippen molar-refractivity contribution in [3.63, 3.8) is 0 Å². The van der Waals surface area contributed by atoms with Gasteiger partial charge in [-0.25, -0.2) is 4.98 Å². The molecule has 0 aliphatic rings. The van der Waals surface area contributed by atoms with Crippen LogP contribution in [0.1, 0.15) is 21.1 Å². The number of nitrogens with zero attached hydrogens (tertiary/aromatic N) is 2. The molecule has 104 valence electrons. The van der Waals surface area contributed by atoms with Crippen LogP contribution in [-0.4, -0.2) is 22.4 Å². The summed E-state index contributed by atoms with van der Waals surface area (Å²) >= 11 is 1.56. The lowest BCUT2D eigenvalue weighted by Crippen LogP contribution is -2.25. The number of nitrogens with one attached hydrogen (secondary N) is 1. The van der Waals surface area contributed by atoms with Crippen LogP contribution in [0, 0.1) is 17.0 Å². The lowest BCUT2D eigenvalue weighted by Gasteiger charge is -2.03. The van der Waals surface area contributed by atoms with Gasteiger partial charge in [-0.2, -0.15) is 0 Å². The van der Waals surface area contributed by atoms with Gasteiger partial charge >= 0.3 is 0 Å². The van der Waals surface area contributed by atoms with E-state index in [1.54, 1.807) is 11.3 Å². The van der Waals surface area contributed by atoms with Gasteiger partial charge in [-0.15, -0.1) is 11.3 Å². The highest BCUT2D eigenvalue weighted by atomic mass is 32.1. The second-order valence-electron chi connectivity index (χ2n) is 4.19. The fraction of sp³-hybridized carbons (Fsp3) is 0.231. The number of nitro groups is 1. The Balaban J connectivity index is 1.86. The van der Waals surface area contributed by atoms with Gasteiger partial charge in [0.05, 0.1) is 9.93 Å². The molecule has 0 unspecified atom stereocenters. The van der Waals surface area contributed by atoms with Crippen LogP contribution in [0.3, 0.4) is 0 Å². The Morgan fingerprint density at radius 2 is 2.10 bits per heavy atom. The second-order valence-corrected chi connectivity index (χ2v) is 5.14. The summed E-state index contributed by atoms with van der Waals surface area (Å²) in [5.74, 6) is -0.242. The van der Waals surface area contributed by atoms with Gasteiger partial charge in [-0.3, -0.25) is 14.9 Å². The molecule has 1 aromatic heterocycles. The number of hydrogen-bond donors (Lipinski definition) is 1. The predicted octanol–water partition coefficient (Wildman–Crippen LogP) is 2.33. The van der Waals surface area contributed by atoms with E-state index in [0.29, 0.717) is 18.5 Å². The highest BCUT2D eigenvalue weighted by Crippen LogP contribution is 2.12. The van der Waals surface area contributed by atoms with E-state index in [4.69, 9.17) is 0 Å². The van der Waals surface area contributed by atoms with Crippen molar-refractivity contribution in [3.8, 4) is 0 Å². The lowest BCUT2D eigenvalue weighted by atomic mass is 10.2. The molecule has 0 bridgehead atoms. The number of aromatic nitrogens is 1. The lowest BCUT2D eigenvalue weighted by molar-refractivity contribution is -0.384. The Hall–Kier alpha value is -2.28. The summed E-state index contributed by atoms with van der Waals surface area (Å²) in [5, 5.41) is 16.2. The highest BCUT2D eigenvalue weighted by Gasteiger charge is 2.09. The van der Waals surface area contributed by atoms with Crippen molar-refractivity contribution in [2.75, 3.05) is 6.54 Å². The molecule has 6 nitrogen and oxygen atoms in total. The minimum Gasteiger partial charge on any atom is -0.352 e. The molecule has 0 atom stereocenters. The highest BCUT2D eigenvalue weighted by molar-refractivity contribution is 7.09. The van der Waals surface area contributed by atoms with Crippen molar-refractivity contribution in [2.24, 2.45) is 0 Å². The van der Waals surface area contributed by atoms with Crippen molar-refractivity contribution in [1.29, 1.82) is 0 Å². The van der Waals surface area contributed by atoms with E-state index in [1.165, 1.54) is 24.3 Å². The topological polar surface area (TPSA) is 85.1 Å². The van der Waals surface area contributed by atoms with Crippen molar-refractivity contribution < 1.29 is 9.72 Å². The smallest absolute Gasteiger partial charge is 0.269 e. The van der Waals surface area contributed by atoms with E-state index < -0.39 is 4.92 Å². The first-order valence-electron chi connectivity index (χ1n) is 6.00. The maximum absolute atomic E-state index is 11.8. The van der Waals surface area contributed by atoms with Crippen LogP contribution in [0.25, 0.3) is 0 Å². The van der Waals surface area contributed by atoms with Crippen LogP contribution >= 0.6 is 11.3 Å². The van der Waals surface area contributed by atoms with Crippen molar-refractivity contribution in [2.45, 2.75) is 13.3 Å². The van der Waals surface area contributed by atoms with Gasteiger partial charge in [-0.05, 0) is 19.1 Å². The maximum Gasteiger partial charge on any atom is 0.269 e. The Morgan fingerprint density at radius 3 is 2.65 bits per heavy atom. The van der Waals surface area contributed by atoms with Crippen LogP contribution in [0.5, 0.6) is 0 Å². The first-order valence-corrected chi connectivity index (χ1v) is 6.88. The predicted molar refractivity (Wildman–Crippen MR) is 76.0 cm³/mol. The third-order valence-corrected chi connectivity index (χ3v) is 3.66. The molecule has 0 fully saturated rings. The SMILES string of the molecule is Cc1csc(CCNC(=O)c2ccc([N+](=O)[O-])cc2)n1. The fourth-order valence-corrected chi connectivity index (χ4v) is 2.41. The normalized spacial score (nSPS) is 10.2. The molecule has 0 radical (unpaired) electrons. The summed E-state index contributed by atoms with van der Waals surface area (Å²) in [7, 11) is 0. The number of carbonyl (C=O) groups is 1. The average Bonchev–Trinajstić information content (AvgIpc) is 2.84. The second kappa shape index (κ2) is 6.25. The zero-order valence-electron chi connectivity index (χ0n) is 10.8. The molecule has 1 aromatic carbocycles. The summed E-state index contributed by atoms with van der Waals surface area (Å²) in [5.41, 5.74) is 1.36. The fourth-order valence-electron chi connectivity index (χ4n) is 1.64. The van der Waals surface area contributed by atoms with Crippen molar-refractivity contribution in [1.82, 2.24) is 10.3 Å². The minimum absolute atomic E-state index is 0.0280. The molecule has 0 spiro atoms. The molecule has 7 heteroatoms. The van der Waals surface area contributed by atoms with Crippen LogP contribution in [0.2, 0.25) is 0 Å². The standard InChI is InChI=1S/C13H13N3O3S/c1-9-8-20-12(15-9)6-7-14-13(17)10-2-4-11(5-3-10)16(18)19/h2-5,8H,6-7H2,1H3,(H,14,17). The quantitative estimate of drug-likeness (QED) is 0.676. The third-order valence-electron chi connectivity index (χ3n) is 2.63. The number of nitro benzene ring substituents is 1. The van der Waals surface area contributed by atoms with E-state index >= 15 is 0 Å². The van der Waals surface area contributed by atoms with Gasteiger partial charge in [0.15, 0.2) is 0 Å². The number of amides is 1. The largest absolute Gasteiger partial charge is 0.352 e. The summed E-state index contributed by atoms with van der Waals surface area (Å²) < 4.78 is 0. The van der Waals surface area contributed by atoms with Gasteiger partial charge in [0.1, 0.15) is 0 Å². The number of benzene rings is 1. The monoisotopic (exact) mass is 291 g/mol. The van der Waals surface area contributed by atoms with Gasteiger partial charge < -0.3 is 5.32 Å². The molecule has 20 heavy (non-hydrogen) atoms. The Labute approximate surface area is 119 Å². The zero-order valence-corrected chi connectivity index (χ0v) is 11.6. The van der Waals surface area contributed by atoms with Gasteiger partial charge in [-0.1, -0.05) is 0 Å². The zero-order chi connectivity index (χ0) is 14.5. The Morgan fingerprint density at radius 1 is 1.40 bits per heavy atom. The van der Waals surface area contributed by atoms with Gasteiger partial charge in [0.25, 0.3) is 11.6 Å². The first-order chi connectivity index (χ1) is 9.56. The number of thiazole rings is 1.